The van der Waals surface area contributed by atoms with Crippen LogP contribution in [0.4, 0.5) is 0 Å². The SMILES string of the molecule is CC(=O)NCCC(=O)N1CCN(S(=O)(=O)c2ccc(C3CCCCC3)cc2)CC1. The molecule has 2 aliphatic rings. The summed E-state index contributed by atoms with van der Waals surface area (Å²) in [5, 5.41) is 2.61. The van der Waals surface area contributed by atoms with Crippen LogP contribution in [0.1, 0.15) is 56.9 Å². The Morgan fingerprint density at radius 2 is 1.62 bits per heavy atom. The van der Waals surface area contributed by atoms with Crippen molar-refractivity contribution in [1.29, 1.82) is 0 Å². The van der Waals surface area contributed by atoms with E-state index in [1.807, 2.05) is 12.1 Å². The minimum absolute atomic E-state index is 0.0624. The molecular formula is C21H31N3O4S. The second kappa shape index (κ2) is 9.71. The van der Waals surface area contributed by atoms with E-state index in [1.54, 1.807) is 17.0 Å². The maximum Gasteiger partial charge on any atom is 0.243 e. The molecule has 1 N–H and O–H groups in total. The Labute approximate surface area is 173 Å². The average Bonchev–Trinajstić information content (AvgIpc) is 2.74. The number of benzene rings is 1. The minimum atomic E-state index is -3.55. The Bertz CT molecular complexity index is 809. The summed E-state index contributed by atoms with van der Waals surface area (Å²) in [6.07, 6.45) is 6.39. The largest absolute Gasteiger partial charge is 0.356 e. The number of nitrogens with one attached hydrogen (secondary N) is 1. The highest BCUT2D eigenvalue weighted by atomic mass is 32.2. The summed E-state index contributed by atoms with van der Waals surface area (Å²) in [4.78, 5) is 25.1. The van der Waals surface area contributed by atoms with E-state index in [9.17, 15) is 18.0 Å². The molecule has 0 radical (unpaired) electrons. The fourth-order valence-corrected chi connectivity index (χ4v) is 5.60. The van der Waals surface area contributed by atoms with Crippen LogP contribution < -0.4 is 5.32 Å². The van der Waals surface area contributed by atoms with Gasteiger partial charge in [0.2, 0.25) is 21.8 Å². The molecule has 1 aliphatic heterocycles. The first-order valence-electron chi connectivity index (χ1n) is 10.5. The third kappa shape index (κ3) is 5.57. The summed E-state index contributed by atoms with van der Waals surface area (Å²) < 4.78 is 27.4. The molecule has 0 unspecified atom stereocenters. The van der Waals surface area contributed by atoms with Gasteiger partial charge in [-0.15, -0.1) is 0 Å². The van der Waals surface area contributed by atoms with Crippen molar-refractivity contribution in [3.63, 3.8) is 0 Å². The van der Waals surface area contributed by atoms with E-state index in [0.29, 0.717) is 43.5 Å². The van der Waals surface area contributed by atoms with E-state index in [0.717, 1.165) is 0 Å². The molecule has 2 fully saturated rings. The summed E-state index contributed by atoms with van der Waals surface area (Å²) in [7, 11) is -3.55. The molecule has 8 heteroatoms. The van der Waals surface area contributed by atoms with Gasteiger partial charge in [0, 0.05) is 46.1 Å². The third-order valence-corrected chi connectivity index (χ3v) is 7.81. The predicted molar refractivity (Wildman–Crippen MR) is 111 cm³/mol. The van der Waals surface area contributed by atoms with Crippen molar-refractivity contribution in [2.75, 3.05) is 32.7 Å². The highest BCUT2D eigenvalue weighted by Gasteiger charge is 2.30. The summed E-state index contributed by atoms with van der Waals surface area (Å²) in [5.74, 6) is 0.323. The number of nitrogens with zero attached hydrogens (tertiary/aromatic N) is 2. The molecule has 29 heavy (non-hydrogen) atoms. The van der Waals surface area contributed by atoms with Gasteiger partial charge in [0.1, 0.15) is 0 Å². The van der Waals surface area contributed by atoms with Gasteiger partial charge in [-0.1, -0.05) is 31.4 Å². The van der Waals surface area contributed by atoms with Crippen LogP contribution in [0.5, 0.6) is 0 Å². The smallest absolute Gasteiger partial charge is 0.243 e. The van der Waals surface area contributed by atoms with Crippen LogP contribution in [0.2, 0.25) is 0 Å². The Kier molecular flexibility index (Phi) is 7.29. The topological polar surface area (TPSA) is 86.8 Å². The van der Waals surface area contributed by atoms with Crippen molar-refractivity contribution in [3.8, 4) is 0 Å². The molecule has 3 rings (SSSR count). The zero-order valence-corrected chi connectivity index (χ0v) is 17.9. The molecule has 1 aliphatic carbocycles. The Hall–Kier alpha value is -1.93. The Morgan fingerprint density at radius 1 is 1.00 bits per heavy atom. The van der Waals surface area contributed by atoms with Crippen molar-refractivity contribution < 1.29 is 18.0 Å². The number of piperazine rings is 1. The number of rotatable bonds is 6. The van der Waals surface area contributed by atoms with Gasteiger partial charge in [-0.25, -0.2) is 8.42 Å². The Morgan fingerprint density at radius 3 is 2.21 bits per heavy atom. The predicted octanol–water partition coefficient (Wildman–Crippen LogP) is 2.09. The fraction of sp³-hybridized carbons (Fsp3) is 0.619. The van der Waals surface area contributed by atoms with Gasteiger partial charge in [-0.3, -0.25) is 9.59 Å². The molecule has 1 aromatic carbocycles. The van der Waals surface area contributed by atoms with E-state index >= 15 is 0 Å². The maximum atomic E-state index is 13.0. The molecule has 1 heterocycles. The molecule has 1 saturated heterocycles. The molecule has 0 aromatic heterocycles. The van der Waals surface area contributed by atoms with E-state index < -0.39 is 10.0 Å². The van der Waals surface area contributed by atoms with Gasteiger partial charge < -0.3 is 10.2 Å². The summed E-state index contributed by atoms with van der Waals surface area (Å²) in [5.41, 5.74) is 1.23. The van der Waals surface area contributed by atoms with E-state index in [-0.39, 0.29) is 18.2 Å². The van der Waals surface area contributed by atoms with Crippen molar-refractivity contribution in [3.05, 3.63) is 29.8 Å². The molecule has 1 saturated carbocycles. The first kappa shape index (κ1) is 21.8. The lowest BCUT2D eigenvalue weighted by Crippen LogP contribution is -2.50. The van der Waals surface area contributed by atoms with Gasteiger partial charge >= 0.3 is 0 Å². The molecule has 0 spiro atoms. The average molecular weight is 422 g/mol. The fourth-order valence-electron chi connectivity index (χ4n) is 4.18. The van der Waals surface area contributed by atoms with Crippen LogP contribution in [0.15, 0.2) is 29.2 Å². The monoisotopic (exact) mass is 421 g/mol. The van der Waals surface area contributed by atoms with Gasteiger partial charge in [0.05, 0.1) is 4.90 Å². The number of sulfonamides is 1. The summed E-state index contributed by atoms with van der Waals surface area (Å²) >= 11 is 0. The standard InChI is InChI=1S/C21H31N3O4S/c1-17(25)22-12-11-21(26)23-13-15-24(16-14-23)29(27,28)20-9-7-19(8-10-20)18-5-3-2-4-6-18/h7-10,18H,2-6,11-16H2,1H3,(H,22,25). The lowest BCUT2D eigenvalue weighted by atomic mass is 9.84. The number of hydrogen-bond acceptors (Lipinski definition) is 4. The zero-order valence-electron chi connectivity index (χ0n) is 17.1. The van der Waals surface area contributed by atoms with E-state index in [2.05, 4.69) is 5.32 Å². The van der Waals surface area contributed by atoms with Crippen molar-refractivity contribution in [2.45, 2.75) is 56.3 Å². The molecule has 1 aromatic rings. The van der Waals surface area contributed by atoms with Crippen LogP contribution in [0.3, 0.4) is 0 Å². The van der Waals surface area contributed by atoms with Crippen molar-refractivity contribution >= 4 is 21.8 Å². The summed E-state index contributed by atoms with van der Waals surface area (Å²) in [6.45, 7) is 3.05. The van der Waals surface area contributed by atoms with Crippen LogP contribution >= 0.6 is 0 Å². The number of amides is 2. The van der Waals surface area contributed by atoms with E-state index in [4.69, 9.17) is 0 Å². The normalized spacial score (nSPS) is 19.1. The molecule has 2 amide bonds. The lowest BCUT2D eigenvalue weighted by Gasteiger charge is -2.34. The van der Waals surface area contributed by atoms with Gasteiger partial charge in [0.25, 0.3) is 0 Å². The van der Waals surface area contributed by atoms with Crippen molar-refractivity contribution in [1.82, 2.24) is 14.5 Å². The second-order valence-electron chi connectivity index (χ2n) is 7.92. The van der Waals surface area contributed by atoms with Crippen LogP contribution in [-0.4, -0.2) is 62.2 Å². The van der Waals surface area contributed by atoms with Gasteiger partial charge in [0.15, 0.2) is 0 Å². The lowest BCUT2D eigenvalue weighted by molar-refractivity contribution is -0.132. The Balaban J connectivity index is 1.55. The van der Waals surface area contributed by atoms with Crippen molar-refractivity contribution in [2.24, 2.45) is 0 Å². The number of hydrogen-bond donors (Lipinski definition) is 1. The quantitative estimate of drug-likeness (QED) is 0.762. The third-order valence-electron chi connectivity index (χ3n) is 5.90. The van der Waals surface area contributed by atoms with Crippen LogP contribution in [-0.2, 0) is 19.6 Å². The van der Waals surface area contributed by atoms with Gasteiger partial charge in [-0.05, 0) is 36.5 Å². The number of carbonyl (C=O) groups is 2. The first-order chi connectivity index (χ1) is 13.9. The molecular weight excluding hydrogens is 390 g/mol. The van der Waals surface area contributed by atoms with Crippen LogP contribution in [0.25, 0.3) is 0 Å². The zero-order chi connectivity index (χ0) is 20.9. The molecule has 0 bridgehead atoms. The van der Waals surface area contributed by atoms with E-state index in [1.165, 1.54) is 48.9 Å². The van der Waals surface area contributed by atoms with Gasteiger partial charge in [-0.2, -0.15) is 4.31 Å². The van der Waals surface area contributed by atoms with Crippen LogP contribution in [0, 0.1) is 0 Å². The minimum Gasteiger partial charge on any atom is -0.356 e. The summed E-state index contributed by atoms with van der Waals surface area (Å²) in [6, 6.07) is 7.38. The molecule has 160 valence electrons. The maximum absolute atomic E-state index is 13.0. The first-order valence-corrected chi connectivity index (χ1v) is 11.9. The molecule has 7 nitrogen and oxygen atoms in total. The highest BCUT2D eigenvalue weighted by molar-refractivity contribution is 7.89. The second-order valence-corrected chi connectivity index (χ2v) is 9.86. The number of carbonyl (C=O) groups excluding carboxylic acids is 2. The highest BCUT2D eigenvalue weighted by Crippen LogP contribution is 2.33. The molecule has 0 atom stereocenters.